The van der Waals surface area contributed by atoms with Gasteiger partial charge in [-0.1, -0.05) is 23.9 Å². The molecule has 0 aliphatic heterocycles. The van der Waals surface area contributed by atoms with Crippen LogP contribution in [-0.2, 0) is 0 Å². The molecule has 2 aromatic rings. The molecule has 0 unspecified atom stereocenters. The van der Waals surface area contributed by atoms with Gasteiger partial charge in [0.25, 0.3) is 17.4 Å². The predicted molar refractivity (Wildman–Crippen MR) is 84.1 cm³/mol. The summed E-state index contributed by atoms with van der Waals surface area (Å²) in [6, 6.07) is 10.3. The van der Waals surface area contributed by atoms with Gasteiger partial charge in [-0.2, -0.15) is 8.78 Å². The summed E-state index contributed by atoms with van der Waals surface area (Å²) in [4.78, 5) is 23.1. The minimum absolute atomic E-state index is 0.0546. The van der Waals surface area contributed by atoms with E-state index in [1.54, 1.807) is 19.1 Å². The third-order valence-corrected chi connectivity index (χ3v) is 3.72. The average Bonchev–Trinajstić information content (AvgIpc) is 2.48. The van der Waals surface area contributed by atoms with Gasteiger partial charge in [-0.05, 0) is 37.3 Å². The lowest BCUT2D eigenvalue weighted by Gasteiger charge is -2.08. The summed E-state index contributed by atoms with van der Waals surface area (Å²) in [6.45, 7) is 1.55. The average molecular weight is 338 g/mol. The van der Waals surface area contributed by atoms with Gasteiger partial charge in [0, 0.05) is 16.1 Å². The summed E-state index contributed by atoms with van der Waals surface area (Å²) in [6.07, 6.45) is 0. The Kier molecular flexibility index (Phi) is 5.28. The van der Waals surface area contributed by atoms with E-state index in [9.17, 15) is 23.7 Å². The zero-order chi connectivity index (χ0) is 17.0. The van der Waals surface area contributed by atoms with Crippen molar-refractivity contribution in [2.24, 2.45) is 0 Å². The molecule has 120 valence electrons. The van der Waals surface area contributed by atoms with Crippen molar-refractivity contribution in [3.63, 3.8) is 0 Å². The number of nitrogens with zero attached hydrogens (tertiary/aromatic N) is 1. The van der Waals surface area contributed by atoms with Crippen LogP contribution in [0.25, 0.3) is 0 Å². The first-order valence-corrected chi connectivity index (χ1v) is 7.36. The number of carbonyl (C=O) groups is 1. The van der Waals surface area contributed by atoms with Crippen molar-refractivity contribution in [2.45, 2.75) is 17.6 Å². The number of anilines is 1. The quantitative estimate of drug-likeness (QED) is 0.496. The van der Waals surface area contributed by atoms with Crippen LogP contribution in [-0.4, -0.2) is 16.6 Å². The number of nitro groups is 1. The van der Waals surface area contributed by atoms with Gasteiger partial charge >= 0.3 is 0 Å². The molecule has 0 heterocycles. The molecular formula is C15H12F2N2O3S. The Bertz CT molecular complexity index is 736. The van der Waals surface area contributed by atoms with Gasteiger partial charge in [0.15, 0.2) is 0 Å². The van der Waals surface area contributed by atoms with E-state index in [4.69, 9.17) is 0 Å². The molecule has 0 aromatic heterocycles. The van der Waals surface area contributed by atoms with E-state index in [0.29, 0.717) is 27.9 Å². The van der Waals surface area contributed by atoms with E-state index in [0.717, 1.165) is 0 Å². The van der Waals surface area contributed by atoms with Crippen LogP contribution < -0.4 is 5.32 Å². The Balaban J connectivity index is 2.20. The van der Waals surface area contributed by atoms with Crippen molar-refractivity contribution in [3.8, 4) is 0 Å². The second-order valence-corrected chi connectivity index (χ2v) is 5.65. The van der Waals surface area contributed by atoms with Crippen molar-refractivity contribution in [1.29, 1.82) is 0 Å². The van der Waals surface area contributed by atoms with E-state index in [2.05, 4.69) is 5.32 Å². The lowest BCUT2D eigenvalue weighted by molar-refractivity contribution is -0.385. The SMILES string of the molecule is Cc1cccc(C(=O)Nc2ccc(SC(F)F)cc2)c1[N+](=O)[O-]. The molecule has 0 fully saturated rings. The number of amides is 1. The van der Waals surface area contributed by atoms with Crippen LogP contribution in [0.15, 0.2) is 47.4 Å². The molecule has 0 aliphatic carbocycles. The smallest absolute Gasteiger partial charge is 0.288 e. The van der Waals surface area contributed by atoms with Crippen LogP contribution in [0.5, 0.6) is 0 Å². The van der Waals surface area contributed by atoms with Crippen LogP contribution in [0.1, 0.15) is 15.9 Å². The predicted octanol–water partition coefficient (Wildman–Crippen LogP) is 4.47. The van der Waals surface area contributed by atoms with E-state index in [1.165, 1.54) is 30.3 Å². The lowest BCUT2D eigenvalue weighted by atomic mass is 10.1. The van der Waals surface area contributed by atoms with Gasteiger partial charge in [0.1, 0.15) is 5.56 Å². The topological polar surface area (TPSA) is 72.2 Å². The number of benzene rings is 2. The molecule has 1 N–H and O–H groups in total. The molecule has 0 saturated carbocycles. The van der Waals surface area contributed by atoms with E-state index >= 15 is 0 Å². The standard InChI is InChI=1S/C15H12F2N2O3S/c1-9-3-2-4-12(13(9)19(21)22)14(20)18-10-5-7-11(8-6-10)23-15(16)17/h2-8,15H,1H3,(H,18,20). The summed E-state index contributed by atoms with van der Waals surface area (Å²) < 4.78 is 24.5. The Morgan fingerprint density at radius 1 is 1.22 bits per heavy atom. The molecule has 0 saturated heterocycles. The maximum atomic E-state index is 12.2. The van der Waals surface area contributed by atoms with Crippen LogP contribution in [0.2, 0.25) is 0 Å². The number of aryl methyl sites for hydroxylation is 1. The summed E-state index contributed by atoms with van der Waals surface area (Å²) in [5.74, 6) is -3.15. The molecule has 2 rings (SSSR count). The number of thioether (sulfide) groups is 1. The van der Waals surface area contributed by atoms with Crippen LogP contribution in [0, 0.1) is 17.0 Å². The number of alkyl halides is 2. The normalized spacial score (nSPS) is 10.6. The van der Waals surface area contributed by atoms with Crippen LogP contribution in [0.3, 0.4) is 0 Å². The number of carbonyl (C=O) groups excluding carboxylic acids is 1. The number of nitro benzene ring substituents is 1. The van der Waals surface area contributed by atoms with Crippen LogP contribution in [0.4, 0.5) is 20.2 Å². The fourth-order valence-electron chi connectivity index (χ4n) is 2.00. The fraction of sp³-hybridized carbons (Fsp3) is 0.133. The van der Waals surface area contributed by atoms with E-state index in [1.807, 2.05) is 0 Å². The summed E-state index contributed by atoms with van der Waals surface area (Å²) in [7, 11) is 0. The van der Waals surface area contributed by atoms with Crippen molar-refractivity contribution in [2.75, 3.05) is 5.32 Å². The van der Waals surface area contributed by atoms with Crippen molar-refractivity contribution < 1.29 is 18.5 Å². The van der Waals surface area contributed by atoms with Crippen LogP contribution >= 0.6 is 11.8 Å². The lowest BCUT2D eigenvalue weighted by Crippen LogP contribution is -2.14. The van der Waals surface area contributed by atoms with Gasteiger partial charge in [-0.3, -0.25) is 14.9 Å². The number of halogens is 2. The molecule has 1 amide bonds. The van der Waals surface area contributed by atoms with Gasteiger partial charge in [-0.25, -0.2) is 0 Å². The maximum absolute atomic E-state index is 12.2. The van der Waals surface area contributed by atoms with Crippen molar-refractivity contribution in [3.05, 3.63) is 63.7 Å². The first-order chi connectivity index (χ1) is 10.9. The highest BCUT2D eigenvalue weighted by molar-refractivity contribution is 7.99. The number of hydrogen-bond donors (Lipinski definition) is 1. The number of nitrogens with one attached hydrogen (secondary N) is 1. The van der Waals surface area contributed by atoms with Gasteiger partial charge in [-0.15, -0.1) is 0 Å². The second kappa shape index (κ2) is 7.19. The summed E-state index contributed by atoms with van der Waals surface area (Å²) in [5, 5.41) is 13.6. The monoisotopic (exact) mass is 338 g/mol. The third-order valence-electron chi connectivity index (χ3n) is 3.00. The second-order valence-electron chi connectivity index (χ2n) is 4.59. The zero-order valence-corrected chi connectivity index (χ0v) is 12.8. The van der Waals surface area contributed by atoms with Gasteiger partial charge < -0.3 is 5.32 Å². The van der Waals surface area contributed by atoms with E-state index in [-0.39, 0.29) is 11.3 Å². The van der Waals surface area contributed by atoms with Crippen molar-refractivity contribution >= 4 is 29.0 Å². The molecule has 0 bridgehead atoms. The largest absolute Gasteiger partial charge is 0.322 e. The van der Waals surface area contributed by atoms with Gasteiger partial charge in [0.2, 0.25) is 0 Å². The first kappa shape index (κ1) is 16.9. The molecule has 0 spiro atoms. The fourth-order valence-corrected chi connectivity index (χ4v) is 2.50. The molecule has 23 heavy (non-hydrogen) atoms. The Hall–Kier alpha value is -2.48. The molecular weight excluding hydrogens is 326 g/mol. The molecule has 8 heteroatoms. The molecule has 0 aliphatic rings. The first-order valence-electron chi connectivity index (χ1n) is 6.48. The Morgan fingerprint density at radius 3 is 2.43 bits per heavy atom. The molecule has 2 aromatic carbocycles. The summed E-state index contributed by atoms with van der Waals surface area (Å²) >= 11 is 0.395. The zero-order valence-electron chi connectivity index (χ0n) is 12.0. The molecule has 0 radical (unpaired) electrons. The molecule has 0 atom stereocenters. The van der Waals surface area contributed by atoms with Gasteiger partial charge in [0.05, 0.1) is 4.92 Å². The number of rotatable bonds is 5. The molecule has 5 nitrogen and oxygen atoms in total. The number of hydrogen-bond acceptors (Lipinski definition) is 4. The highest BCUT2D eigenvalue weighted by Crippen LogP contribution is 2.27. The highest BCUT2D eigenvalue weighted by Gasteiger charge is 2.22. The Labute approximate surface area is 134 Å². The minimum Gasteiger partial charge on any atom is -0.322 e. The number of para-hydroxylation sites is 1. The van der Waals surface area contributed by atoms with Crippen molar-refractivity contribution in [1.82, 2.24) is 0 Å². The summed E-state index contributed by atoms with van der Waals surface area (Å²) in [5.41, 5.74) is 0.437. The Morgan fingerprint density at radius 2 is 1.87 bits per heavy atom. The third kappa shape index (κ3) is 4.26. The van der Waals surface area contributed by atoms with E-state index < -0.39 is 16.6 Å². The highest BCUT2D eigenvalue weighted by atomic mass is 32.2. The minimum atomic E-state index is -2.52. The maximum Gasteiger partial charge on any atom is 0.288 e.